The van der Waals surface area contributed by atoms with Crippen LogP contribution >= 0.6 is 0 Å². The standard InChI is InChI=1S/C6H7N3O2/c1-2-3-4-5(10)9(7)6(11)8-4/h1,4H,3,7H2,(H,8,11). The Kier molecular flexibility index (Phi) is 1.79. The van der Waals surface area contributed by atoms with Crippen LogP contribution in [-0.2, 0) is 4.79 Å². The van der Waals surface area contributed by atoms with Crippen LogP contribution in [0, 0.1) is 12.3 Å². The Labute approximate surface area is 63.5 Å². The van der Waals surface area contributed by atoms with Crippen molar-refractivity contribution in [2.24, 2.45) is 5.84 Å². The lowest BCUT2D eigenvalue weighted by atomic mass is 10.2. The Morgan fingerprint density at radius 3 is 2.73 bits per heavy atom. The molecule has 5 heteroatoms. The molecule has 1 fully saturated rings. The molecule has 1 saturated heterocycles. The third-order valence-electron chi connectivity index (χ3n) is 1.37. The zero-order chi connectivity index (χ0) is 8.43. The fourth-order valence-electron chi connectivity index (χ4n) is 0.804. The van der Waals surface area contributed by atoms with E-state index in [2.05, 4.69) is 11.2 Å². The van der Waals surface area contributed by atoms with Crippen LogP contribution in [0.4, 0.5) is 4.79 Å². The Bertz CT molecular complexity index is 243. The summed E-state index contributed by atoms with van der Waals surface area (Å²) in [6.07, 6.45) is 5.13. The monoisotopic (exact) mass is 153 g/mol. The van der Waals surface area contributed by atoms with Gasteiger partial charge in [0.05, 0.1) is 0 Å². The normalized spacial score (nSPS) is 23.3. The Morgan fingerprint density at radius 1 is 1.73 bits per heavy atom. The SMILES string of the molecule is C#CCC1NC(=O)N(N)C1=O. The van der Waals surface area contributed by atoms with Crippen molar-refractivity contribution in [2.45, 2.75) is 12.5 Å². The van der Waals surface area contributed by atoms with Crippen LogP contribution in [0.1, 0.15) is 6.42 Å². The Balaban J connectivity index is 2.69. The highest BCUT2D eigenvalue weighted by Gasteiger charge is 2.35. The molecule has 0 saturated carbocycles. The topological polar surface area (TPSA) is 75.4 Å². The van der Waals surface area contributed by atoms with Gasteiger partial charge in [-0.25, -0.2) is 10.6 Å². The molecule has 0 aromatic rings. The summed E-state index contributed by atoms with van der Waals surface area (Å²) < 4.78 is 0. The van der Waals surface area contributed by atoms with Crippen LogP contribution in [0.15, 0.2) is 0 Å². The van der Waals surface area contributed by atoms with Crippen LogP contribution in [0.25, 0.3) is 0 Å². The molecule has 0 aromatic carbocycles. The van der Waals surface area contributed by atoms with E-state index in [9.17, 15) is 9.59 Å². The predicted molar refractivity (Wildman–Crippen MR) is 36.8 cm³/mol. The number of carbonyl (C=O) groups is 2. The molecule has 0 radical (unpaired) electrons. The van der Waals surface area contributed by atoms with Gasteiger partial charge in [0.2, 0.25) is 0 Å². The fourth-order valence-corrected chi connectivity index (χ4v) is 0.804. The highest BCUT2D eigenvalue weighted by atomic mass is 16.2. The number of imide groups is 1. The van der Waals surface area contributed by atoms with Crippen molar-refractivity contribution in [3.05, 3.63) is 0 Å². The van der Waals surface area contributed by atoms with Gasteiger partial charge in [-0.05, 0) is 0 Å². The molecule has 11 heavy (non-hydrogen) atoms. The summed E-state index contributed by atoms with van der Waals surface area (Å²) in [7, 11) is 0. The average molecular weight is 153 g/mol. The minimum atomic E-state index is -0.641. The third-order valence-corrected chi connectivity index (χ3v) is 1.37. The van der Waals surface area contributed by atoms with E-state index < -0.39 is 18.0 Å². The number of nitrogens with one attached hydrogen (secondary N) is 1. The number of rotatable bonds is 1. The van der Waals surface area contributed by atoms with Crippen molar-refractivity contribution in [3.8, 4) is 12.3 Å². The van der Waals surface area contributed by atoms with E-state index in [1.807, 2.05) is 0 Å². The summed E-state index contributed by atoms with van der Waals surface area (Å²) in [5.74, 6) is 6.83. The smallest absolute Gasteiger partial charge is 0.324 e. The van der Waals surface area contributed by atoms with Gasteiger partial charge in [0.1, 0.15) is 6.04 Å². The molecule has 0 bridgehead atoms. The van der Waals surface area contributed by atoms with E-state index in [0.717, 1.165) is 0 Å². The summed E-state index contributed by atoms with van der Waals surface area (Å²) in [6.45, 7) is 0. The number of hydrogen-bond donors (Lipinski definition) is 2. The van der Waals surface area contributed by atoms with Crippen molar-refractivity contribution < 1.29 is 9.59 Å². The van der Waals surface area contributed by atoms with Gasteiger partial charge >= 0.3 is 6.03 Å². The van der Waals surface area contributed by atoms with E-state index in [0.29, 0.717) is 5.01 Å². The van der Waals surface area contributed by atoms with Crippen molar-refractivity contribution in [2.75, 3.05) is 0 Å². The molecule has 1 atom stereocenters. The fraction of sp³-hybridized carbons (Fsp3) is 0.333. The lowest BCUT2D eigenvalue weighted by molar-refractivity contribution is -0.127. The Hall–Kier alpha value is -1.54. The molecule has 0 aromatic heterocycles. The summed E-state index contributed by atoms with van der Waals surface area (Å²) in [4.78, 5) is 21.6. The summed E-state index contributed by atoms with van der Waals surface area (Å²) in [5, 5.41) is 2.85. The molecule has 1 rings (SSSR count). The number of nitrogens with two attached hydrogens (primary N) is 1. The van der Waals surface area contributed by atoms with Gasteiger partial charge in [0, 0.05) is 6.42 Å². The molecule has 1 heterocycles. The maximum atomic E-state index is 10.9. The van der Waals surface area contributed by atoms with Crippen LogP contribution in [0.5, 0.6) is 0 Å². The number of terminal acetylenes is 1. The predicted octanol–water partition coefficient (Wildman–Crippen LogP) is -1.20. The first kappa shape index (κ1) is 7.57. The number of hydrazine groups is 1. The van der Waals surface area contributed by atoms with Gasteiger partial charge in [0.15, 0.2) is 0 Å². The number of amides is 3. The molecule has 1 aliphatic heterocycles. The van der Waals surface area contributed by atoms with Gasteiger partial charge in [-0.2, -0.15) is 5.01 Å². The molecule has 1 aliphatic rings. The molecular formula is C6H7N3O2. The molecule has 0 aliphatic carbocycles. The zero-order valence-electron chi connectivity index (χ0n) is 5.70. The maximum Gasteiger partial charge on any atom is 0.339 e. The molecular weight excluding hydrogens is 146 g/mol. The number of urea groups is 1. The van der Waals surface area contributed by atoms with Gasteiger partial charge < -0.3 is 5.32 Å². The van der Waals surface area contributed by atoms with Crippen molar-refractivity contribution >= 4 is 11.9 Å². The van der Waals surface area contributed by atoms with E-state index >= 15 is 0 Å². The van der Waals surface area contributed by atoms with Crippen molar-refractivity contribution in [1.82, 2.24) is 10.3 Å². The number of carbonyl (C=O) groups excluding carboxylic acids is 2. The largest absolute Gasteiger partial charge is 0.339 e. The first-order valence-corrected chi connectivity index (χ1v) is 2.99. The molecule has 5 nitrogen and oxygen atoms in total. The lowest BCUT2D eigenvalue weighted by Crippen LogP contribution is -2.37. The van der Waals surface area contributed by atoms with Crippen LogP contribution in [0.2, 0.25) is 0 Å². The minimum Gasteiger partial charge on any atom is -0.324 e. The highest BCUT2D eigenvalue weighted by Crippen LogP contribution is 2.03. The van der Waals surface area contributed by atoms with Crippen molar-refractivity contribution in [3.63, 3.8) is 0 Å². The van der Waals surface area contributed by atoms with Crippen LogP contribution in [0.3, 0.4) is 0 Å². The van der Waals surface area contributed by atoms with Gasteiger partial charge in [0.25, 0.3) is 5.91 Å². The van der Waals surface area contributed by atoms with E-state index in [4.69, 9.17) is 12.3 Å². The second kappa shape index (κ2) is 2.60. The molecule has 0 spiro atoms. The van der Waals surface area contributed by atoms with Crippen LogP contribution < -0.4 is 11.2 Å². The third kappa shape index (κ3) is 1.16. The van der Waals surface area contributed by atoms with Crippen LogP contribution in [-0.4, -0.2) is 23.0 Å². The van der Waals surface area contributed by atoms with E-state index in [-0.39, 0.29) is 6.42 Å². The second-order valence-corrected chi connectivity index (χ2v) is 2.12. The molecule has 1 unspecified atom stereocenters. The van der Waals surface area contributed by atoms with Gasteiger partial charge in [-0.15, -0.1) is 12.3 Å². The highest BCUT2D eigenvalue weighted by molar-refractivity contribution is 6.03. The lowest BCUT2D eigenvalue weighted by Gasteiger charge is -2.01. The van der Waals surface area contributed by atoms with Gasteiger partial charge in [-0.1, -0.05) is 0 Å². The summed E-state index contributed by atoms with van der Waals surface area (Å²) >= 11 is 0. The summed E-state index contributed by atoms with van der Waals surface area (Å²) in [5.41, 5.74) is 0. The Morgan fingerprint density at radius 2 is 2.36 bits per heavy atom. The molecule has 3 N–H and O–H groups in total. The molecule has 58 valence electrons. The average Bonchev–Trinajstić information content (AvgIpc) is 2.19. The quantitative estimate of drug-likeness (QED) is 0.215. The van der Waals surface area contributed by atoms with Crippen molar-refractivity contribution in [1.29, 1.82) is 0 Å². The zero-order valence-corrected chi connectivity index (χ0v) is 5.70. The van der Waals surface area contributed by atoms with E-state index in [1.165, 1.54) is 0 Å². The maximum absolute atomic E-state index is 10.9. The van der Waals surface area contributed by atoms with Gasteiger partial charge in [-0.3, -0.25) is 4.79 Å². The first-order valence-electron chi connectivity index (χ1n) is 2.99. The molecule has 3 amide bonds. The number of nitrogens with zero attached hydrogens (tertiary/aromatic N) is 1. The summed E-state index contributed by atoms with van der Waals surface area (Å²) in [6, 6.07) is -1.24. The minimum absolute atomic E-state index is 0.179. The van der Waals surface area contributed by atoms with E-state index in [1.54, 1.807) is 0 Å². The second-order valence-electron chi connectivity index (χ2n) is 2.12. The number of hydrogen-bond acceptors (Lipinski definition) is 3. The first-order chi connectivity index (χ1) is 5.16.